The van der Waals surface area contributed by atoms with Gasteiger partial charge in [-0.15, -0.1) is 0 Å². The first-order valence-corrected chi connectivity index (χ1v) is 7.85. The first-order valence-electron chi connectivity index (χ1n) is 6.03. The lowest BCUT2D eigenvalue weighted by Gasteiger charge is -2.21. The first-order chi connectivity index (χ1) is 9.37. The summed E-state index contributed by atoms with van der Waals surface area (Å²) in [7, 11) is -3.91. The van der Waals surface area contributed by atoms with Crippen molar-refractivity contribution in [1.29, 1.82) is 0 Å². The third-order valence-corrected chi connectivity index (χ3v) is 5.47. The fourth-order valence-corrected chi connectivity index (χ4v) is 4.10. The second-order valence-electron chi connectivity index (χ2n) is 4.52. The van der Waals surface area contributed by atoms with Crippen molar-refractivity contribution in [3.63, 3.8) is 0 Å². The van der Waals surface area contributed by atoms with E-state index in [0.717, 1.165) is 18.9 Å². The Balaban J connectivity index is 2.47. The van der Waals surface area contributed by atoms with Crippen molar-refractivity contribution >= 4 is 27.6 Å². The van der Waals surface area contributed by atoms with Gasteiger partial charge >= 0.3 is 5.97 Å². The Morgan fingerprint density at radius 1 is 1.40 bits per heavy atom. The fourth-order valence-electron chi connectivity index (χ4n) is 1.92. The quantitative estimate of drug-likeness (QED) is 0.821. The van der Waals surface area contributed by atoms with Crippen LogP contribution in [-0.4, -0.2) is 48.1 Å². The zero-order valence-electron chi connectivity index (χ0n) is 10.5. The summed E-state index contributed by atoms with van der Waals surface area (Å²) in [4.78, 5) is 10.7. The Kier molecular flexibility index (Phi) is 4.33. The predicted octanol–water partition coefficient (Wildman–Crippen LogP) is 1.18. The number of carbonyl (C=O) groups is 1. The summed E-state index contributed by atoms with van der Waals surface area (Å²) in [6.07, 6.45) is 1.46. The maximum Gasteiger partial charge on any atom is 0.335 e. The van der Waals surface area contributed by atoms with E-state index in [1.807, 2.05) is 0 Å². The minimum absolute atomic E-state index is 0.0272. The second kappa shape index (κ2) is 5.69. The average Bonchev–Trinajstić information content (AvgIpc) is 3.19. The van der Waals surface area contributed by atoms with Crippen molar-refractivity contribution in [1.82, 2.24) is 4.31 Å². The number of carboxylic acid groups (broad SMARTS) is 1. The third-order valence-electron chi connectivity index (χ3n) is 3.04. The Hall–Kier alpha value is -1.15. The molecule has 1 aliphatic carbocycles. The molecule has 1 aromatic rings. The number of hydrogen-bond acceptors (Lipinski definition) is 4. The normalized spacial score (nSPS) is 15.6. The van der Waals surface area contributed by atoms with Gasteiger partial charge in [0.2, 0.25) is 10.0 Å². The van der Waals surface area contributed by atoms with E-state index in [1.54, 1.807) is 0 Å². The van der Waals surface area contributed by atoms with Crippen molar-refractivity contribution in [3.8, 4) is 0 Å². The van der Waals surface area contributed by atoms with Crippen molar-refractivity contribution < 1.29 is 23.4 Å². The van der Waals surface area contributed by atoms with Crippen molar-refractivity contribution in [2.24, 2.45) is 0 Å². The van der Waals surface area contributed by atoms with Gasteiger partial charge in [-0.2, -0.15) is 4.31 Å². The molecule has 1 aliphatic rings. The van der Waals surface area contributed by atoms with Crippen LogP contribution in [0.2, 0.25) is 5.02 Å². The van der Waals surface area contributed by atoms with Crippen LogP contribution < -0.4 is 0 Å². The third kappa shape index (κ3) is 2.95. The lowest BCUT2D eigenvalue weighted by Crippen LogP contribution is -2.35. The summed E-state index contributed by atoms with van der Waals surface area (Å²) < 4.78 is 26.3. The number of halogens is 1. The van der Waals surface area contributed by atoms with Crippen LogP contribution in [0.3, 0.4) is 0 Å². The van der Waals surface area contributed by atoms with E-state index in [2.05, 4.69) is 0 Å². The molecule has 110 valence electrons. The fraction of sp³-hybridized carbons (Fsp3) is 0.417. The SMILES string of the molecule is O=C(O)c1ccc(Cl)c(S(=O)(=O)N(CCO)C2CC2)c1. The zero-order valence-corrected chi connectivity index (χ0v) is 12.1. The van der Waals surface area contributed by atoms with Crippen LogP contribution in [0.25, 0.3) is 0 Å². The van der Waals surface area contributed by atoms with Crippen LogP contribution >= 0.6 is 11.6 Å². The molecule has 1 saturated carbocycles. The molecule has 0 bridgehead atoms. The molecule has 8 heteroatoms. The van der Waals surface area contributed by atoms with E-state index < -0.39 is 16.0 Å². The molecule has 1 fully saturated rings. The number of sulfonamides is 1. The topological polar surface area (TPSA) is 94.9 Å². The highest BCUT2D eigenvalue weighted by Crippen LogP contribution is 2.34. The van der Waals surface area contributed by atoms with Crippen LogP contribution in [0, 0.1) is 0 Å². The summed E-state index contributed by atoms with van der Waals surface area (Å²) >= 11 is 5.89. The maximum atomic E-state index is 12.5. The summed E-state index contributed by atoms with van der Waals surface area (Å²) in [5.74, 6) is -1.22. The number of carboxylic acids is 1. The lowest BCUT2D eigenvalue weighted by atomic mass is 10.2. The van der Waals surface area contributed by atoms with Gasteiger partial charge in [0.25, 0.3) is 0 Å². The van der Waals surface area contributed by atoms with Gasteiger partial charge in [0.05, 0.1) is 17.2 Å². The summed E-state index contributed by atoms with van der Waals surface area (Å²) in [6, 6.07) is 3.41. The van der Waals surface area contributed by atoms with Crippen molar-refractivity contribution in [2.45, 2.75) is 23.8 Å². The van der Waals surface area contributed by atoms with E-state index in [4.69, 9.17) is 21.8 Å². The van der Waals surface area contributed by atoms with E-state index in [0.29, 0.717) is 0 Å². The standard InChI is InChI=1S/C12H14ClNO5S/c13-10-4-1-8(12(16)17)7-11(10)20(18,19)14(5-6-15)9-2-3-9/h1,4,7,9,15H,2-3,5-6H2,(H,16,17). The summed E-state index contributed by atoms with van der Waals surface area (Å²) in [6.45, 7) is -0.327. The van der Waals surface area contributed by atoms with Crippen LogP contribution in [0.1, 0.15) is 23.2 Å². The van der Waals surface area contributed by atoms with Gasteiger partial charge in [-0.05, 0) is 31.0 Å². The molecular weight excluding hydrogens is 306 g/mol. The Morgan fingerprint density at radius 2 is 2.05 bits per heavy atom. The Morgan fingerprint density at radius 3 is 2.55 bits per heavy atom. The number of hydrogen-bond donors (Lipinski definition) is 2. The molecule has 0 amide bonds. The number of aliphatic hydroxyl groups excluding tert-OH is 1. The number of aliphatic hydroxyl groups is 1. The molecule has 0 radical (unpaired) electrons. The molecule has 0 heterocycles. The molecule has 6 nitrogen and oxygen atoms in total. The molecule has 0 saturated heterocycles. The van der Waals surface area contributed by atoms with Crippen molar-refractivity contribution in [3.05, 3.63) is 28.8 Å². The predicted molar refractivity (Wildman–Crippen MR) is 72.4 cm³/mol. The molecule has 0 unspecified atom stereocenters. The van der Waals surface area contributed by atoms with Gasteiger partial charge in [-0.1, -0.05) is 11.6 Å². The lowest BCUT2D eigenvalue weighted by molar-refractivity contribution is 0.0696. The van der Waals surface area contributed by atoms with E-state index in [-0.39, 0.29) is 34.7 Å². The van der Waals surface area contributed by atoms with Crippen LogP contribution in [0.15, 0.2) is 23.1 Å². The Labute approximate surface area is 121 Å². The summed E-state index contributed by atoms with van der Waals surface area (Å²) in [5.41, 5.74) is -0.146. The van der Waals surface area contributed by atoms with E-state index in [1.165, 1.54) is 16.4 Å². The highest BCUT2D eigenvalue weighted by Gasteiger charge is 2.38. The van der Waals surface area contributed by atoms with Crippen LogP contribution in [0.4, 0.5) is 0 Å². The average molecular weight is 320 g/mol. The monoisotopic (exact) mass is 319 g/mol. The molecule has 0 aromatic heterocycles. The minimum Gasteiger partial charge on any atom is -0.478 e. The second-order valence-corrected chi connectivity index (χ2v) is 6.79. The van der Waals surface area contributed by atoms with Gasteiger partial charge in [-0.3, -0.25) is 0 Å². The van der Waals surface area contributed by atoms with Crippen LogP contribution in [0.5, 0.6) is 0 Å². The van der Waals surface area contributed by atoms with Gasteiger partial charge in [0.15, 0.2) is 0 Å². The molecule has 0 atom stereocenters. The summed E-state index contributed by atoms with van der Waals surface area (Å²) in [5, 5.41) is 17.9. The first kappa shape index (κ1) is 15.2. The highest BCUT2D eigenvalue weighted by atomic mass is 35.5. The molecule has 2 N–H and O–H groups in total. The molecule has 1 aromatic carbocycles. The zero-order chi connectivity index (χ0) is 14.9. The van der Waals surface area contributed by atoms with E-state index in [9.17, 15) is 13.2 Å². The molecule has 0 aliphatic heterocycles. The molecular formula is C12H14ClNO5S. The number of nitrogens with zero attached hydrogens (tertiary/aromatic N) is 1. The number of aromatic carboxylic acids is 1. The van der Waals surface area contributed by atoms with Gasteiger partial charge in [0.1, 0.15) is 4.90 Å². The smallest absolute Gasteiger partial charge is 0.335 e. The Bertz CT molecular complexity index is 627. The van der Waals surface area contributed by atoms with Crippen LogP contribution in [-0.2, 0) is 10.0 Å². The molecule has 0 spiro atoms. The number of benzene rings is 1. The van der Waals surface area contributed by atoms with Crippen molar-refractivity contribution in [2.75, 3.05) is 13.2 Å². The minimum atomic E-state index is -3.91. The molecule has 20 heavy (non-hydrogen) atoms. The highest BCUT2D eigenvalue weighted by molar-refractivity contribution is 7.89. The van der Waals surface area contributed by atoms with E-state index >= 15 is 0 Å². The molecule has 2 rings (SSSR count). The van der Waals surface area contributed by atoms with Gasteiger partial charge < -0.3 is 10.2 Å². The van der Waals surface area contributed by atoms with Gasteiger partial charge in [-0.25, -0.2) is 13.2 Å². The van der Waals surface area contributed by atoms with Gasteiger partial charge in [0, 0.05) is 12.6 Å². The number of rotatable bonds is 6. The largest absolute Gasteiger partial charge is 0.478 e. The maximum absolute atomic E-state index is 12.5.